The number of amides is 1. The second-order valence-corrected chi connectivity index (χ2v) is 7.04. The van der Waals surface area contributed by atoms with Crippen LogP contribution in [0.3, 0.4) is 0 Å². The summed E-state index contributed by atoms with van der Waals surface area (Å²) in [5, 5.41) is 1.14. The molecule has 4 aromatic rings. The number of morpholine rings is 1. The number of benzene rings is 2. The zero-order valence-electron chi connectivity index (χ0n) is 16.2. The van der Waals surface area contributed by atoms with E-state index in [0.717, 1.165) is 33.5 Å². The van der Waals surface area contributed by atoms with Crippen molar-refractivity contribution >= 4 is 29.2 Å². The molecule has 0 saturated carbocycles. The van der Waals surface area contributed by atoms with Gasteiger partial charge in [0.15, 0.2) is 0 Å². The van der Waals surface area contributed by atoms with Crippen LogP contribution in [-0.2, 0) is 4.74 Å². The maximum atomic E-state index is 12.6. The Morgan fingerprint density at radius 3 is 2.47 bits per heavy atom. The number of halogens is 1. The van der Waals surface area contributed by atoms with E-state index in [9.17, 15) is 4.79 Å². The molecule has 6 nitrogen and oxygen atoms in total. The summed E-state index contributed by atoms with van der Waals surface area (Å²) in [4.78, 5) is 27.0. The van der Waals surface area contributed by atoms with E-state index in [2.05, 4.69) is 22.1 Å². The van der Waals surface area contributed by atoms with Crippen LogP contribution in [0.4, 0.5) is 0 Å². The largest absolute Gasteiger partial charge is 0.378 e. The lowest BCUT2D eigenvalue weighted by Crippen LogP contribution is -2.40. The number of nitrogens with zero attached hydrogens (tertiary/aromatic N) is 3. The molecule has 152 valence electrons. The van der Waals surface area contributed by atoms with Crippen LogP contribution in [0.5, 0.6) is 0 Å². The molecule has 2 aromatic heterocycles. The van der Waals surface area contributed by atoms with Crippen LogP contribution in [0, 0.1) is 0 Å². The van der Waals surface area contributed by atoms with E-state index in [-0.39, 0.29) is 18.3 Å². The normalized spacial score (nSPS) is 13.8. The third-order valence-electron chi connectivity index (χ3n) is 5.17. The molecule has 1 aliphatic rings. The average molecular weight is 421 g/mol. The van der Waals surface area contributed by atoms with Gasteiger partial charge in [-0.05, 0) is 24.3 Å². The van der Waals surface area contributed by atoms with E-state index >= 15 is 0 Å². The Hall–Kier alpha value is -3.22. The molecular formula is C23H21ClN4O2. The fourth-order valence-corrected chi connectivity index (χ4v) is 3.58. The van der Waals surface area contributed by atoms with Crippen molar-refractivity contribution in [1.29, 1.82) is 0 Å². The molecule has 0 unspecified atom stereocenters. The van der Waals surface area contributed by atoms with Gasteiger partial charge < -0.3 is 14.6 Å². The Morgan fingerprint density at radius 2 is 1.70 bits per heavy atom. The number of carbonyl (C=O) groups is 1. The minimum atomic E-state index is 0. The van der Waals surface area contributed by atoms with Gasteiger partial charge >= 0.3 is 0 Å². The van der Waals surface area contributed by atoms with Crippen LogP contribution in [0.25, 0.3) is 33.5 Å². The van der Waals surface area contributed by atoms with Crippen molar-refractivity contribution in [3.05, 3.63) is 72.6 Å². The summed E-state index contributed by atoms with van der Waals surface area (Å²) in [5.74, 6) is 0.0396. The molecule has 0 bridgehead atoms. The highest BCUT2D eigenvalue weighted by Crippen LogP contribution is 2.25. The van der Waals surface area contributed by atoms with Gasteiger partial charge in [0.1, 0.15) is 5.69 Å². The molecule has 3 heterocycles. The fourth-order valence-electron chi connectivity index (χ4n) is 3.58. The van der Waals surface area contributed by atoms with Crippen LogP contribution in [0.2, 0.25) is 0 Å². The minimum Gasteiger partial charge on any atom is -0.378 e. The quantitative estimate of drug-likeness (QED) is 0.539. The average Bonchev–Trinajstić information content (AvgIpc) is 3.24. The number of hydrogen-bond donors (Lipinski definition) is 1. The van der Waals surface area contributed by atoms with Gasteiger partial charge in [-0.25, -0.2) is 4.98 Å². The molecule has 0 aliphatic carbocycles. The maximum Gasteiger partial charge on any atom is 0.254 e. The van der Waals surface area contributed by atoms with Crippen molar-refractivity contribution in [3.8, 4) is 22.6 Å². The van der Waals surface area contributed by atoms with E-state index in [4.69, 9.17) is 9.72 Å². The monoisotopic (exact) mass is 420 g/mol. The van der Waals surface area contributed by atoms with Crippen LogP contribution in [0.15, 0.2) is 67.0 Å². The first-order valence-electron chi connectivity index (χ1n) is 9.65. The Morgan fingerprint density at radius 1 is 0.967 bits per heavy atom. The van der Waals surface area contributed by atoms with Gasteiger partial charge in [-0.2, -0.15) is 0 Å². The van der Waals surface area contributed by atoms with Crippen molar-refractivity contribution in [3.63, 3.8) is 0 Å². The van der Waals surface area contributed by atoms with E-state index in [0.29, 0.717) is 31.9 Å². The summed E-state index contributed by atoms with van der Waals surface area (Å²) >= 11 is 0. The Balaban J connectivity index is 0.00000218. The van der Waals surface area contributed by atoms with Crippen molar-refractivity contribution in [2.24, 2.45) is 0 Å². The first kappa shape index (κ1) is 20.1. The van der Waals surface area contributed by atoms with Crippen LogP contribution in [0.1, 0.15) is 10.4 Å². The number of hydrogen-bond acceptors (Lipinski definition) is 4. The molecule has 2 aromatic carbocycles. The van der Waals surface area contributed by atoms with Crippen LogP contribution in [-0.4, -0.2) is 52.1 Å². The van der Waals surface area contributed by atoms with Gasteiger partial charge in [0.25, 0.3) is 5.91 Å². The van der Waals surface area contributed by atoms with Gasteiger partial charge in [0.05, 0.1) is 37.0 Å². The zero-order valence-corrected chi connectivity index (χ0v) is 17.1. The van der Waals surface area contributed by atoms with Crippen molar-refractivity contribution < 1.29 is 9.53 Å². The highest BCUT2D eigenvalue weighted by atomic mass is 35.5. The Bertz CT molecular complexity index is 1130. The highest BCUT2D eigenvalue weighted by molar-refractivity contribution is 5.94. The molecular weight excluding hydrogens is 400 g/mol. The number of H-pyrrole nitrogens is 1. The molecule has 1 saturated heterocycles. The predicted octanol–water partition coefficient (Wildman–Crippen LogP) is 4.19. The number of fused-ring (bicyclic) bond motifs is 1. The number of aromatic amines is 1. The summed E-state index contributed by atoms with van der Waals surface area (Å²) < 4.78 is 5.32. The molecule has 7 heteroatoms. The predicted molar refractivity (Wildman–Crippen MR) is 119 cm³/mol. The van der Waals surface area contributed by atoms with Gasteiger partial charge in [-0.1, -0.05) is 30.3 Å². The number of carbonyl (C=O) groups excluding carboxylic acids is 1. The van der Waals surface area contributed by atoms with E-state index < -0.39 is 0 Å². The molecule has 30 heavy (non-hydrogen) atoms. The van der Waals surface area contributed by atoms with Crippen molar-refractivity contribution in [2.75, 3.05) is 26.3 Å². The minimum absolute atomic E-state index is 0. The molecule has 1 N–H and O–H groups in total. The van der Waals surface area contributed by atoms with Gasteiger partial charge in [0, 0.05) is 35.1 Å². The first-order valence-corrected chi connectivity index (χ1v) is 9.65. The second kappa shape index (κ2) is 8.65. The molecule has 0 radical (unpaired) electrons. The maximum absolute atomic E-state index is 12.6. The summed E-state index contributed by atoms with van der Waals surface area (Å²) in [6.45, 7) is 2.47. The second-order valence-electron chi connectivity index (χ2n) is 7.04. The number of ether oxygens (including phenoxy) is 1. The van der Waals surface area contributed by atoms with Gasteiger partial charge in [-0.15, -0.1) is 12.4 Å². The molecule has 1 fully saturated rings. The Labute approximate surface area is 180 Å². The van der Waals surface area contributed by atoms with E-state index in [1.807, 2.05) is 47.4 Å². The number of rotatable bonds is 3. The lowest BCUT2D eigenvalue weighted by molar-refractivity contribution is 0.0303. The number of aromatic nitrogens is 3. The molecule has 0 atom stereocenters. The third-order valence-corrected chi connectivity index (χ3v) is 5.17. The van der Waals surface area contributed by atoms with Gasteiger partial charge in [0.2, 0.25) is 0 Å². The van der Waals surface area contributed by atoms with Crippen LogP contribution >= 0.6 is 12.4 Å². The third kappa shape index (κ3) is 3.92. The summed E-state index contributed by atoms with van der Waals surface area (Å²) in [7, 11) is 0. The fraction of sp³-hybridized carbons (Fsp3) is 0.174. The summed E-state index contributed by atoms with van der Waals surface area (Å²) in [5.41, 5.74) is 5.16. The lowest BCUT2D eigenvalue weighted by atomic mass is 10.1. The van der Waals surface area contributed by atoms with Crippen molar-refractivity contribution in [1.82, 2.24) is 19.9 Å². The standard InChI is InChI=1S/C23H20N4O2.ClH/c28-23(27-9-11-29-12-10-27)17-7-5-16(6-8-17)21-14-24-15-22(26-21)20-13-18-3-1-2-4-19(18)25-20;/h1-8,13-15,25H,9-12H2;1H. The SMILES string of the molecule is Cl.O=C(c1ccc(-c2cncc(-c3cc4ccccc4[nH]3)n2)cc1)N1CCOCC1. The highest BCUT2D eigenvalue weighted by Gasteiger charge is 2.18. The lowest BCUT2D eigenvalue weighted by Gasteiger charge is -2.26. The van der Waals surface area contributed by atoms with Crippen LogP contribution < -0.4 is 0 Å². The van der Waals surface area contributed by atoms with Crippen molar-refractivity contribution in [2.45, 2.75) is 0 Å². The molecule has 1 amide bonds. The molecule has 5 rings (SSSR count). The summed E-state index contributed by atoms with van der Waals surface area (Å²) in [6.07, 6.45) is 3.50. The zero-order chi connectivity index (χ0) is 19.6. The number of nitrogens with one attached hydrogen (secondary N) is 1. The smallest absolute Gasteiger partial charge is 0.254 e. The Kier molecular flexibility index (Phi) is 5.79. The van der Waals surface area contributed by atoms with E-state index in [1.54, 1.807) is 12.4 Å². The number of para-hydroxylation sites is 1. The van der Waals surface area contributed by atoms with E-state index in [1.165, 1.54) is 0 Å². The first-order chi connectivity index (χ1) is 14.3. The molecule has 1 aliphatic heterocycles. The molecule has 0 spiro atoms. The van der Waals surface area contributed by atoms with Gasteiger partial charge in [-0.3, -0.25) is 9.78 Å². The summed E-state index contributed by atoms with van der Waals surface area (Å²) in [6, 6.07) is 17.8. The topological polar surface area (TPSA) is 71.1 Å².